The minimum Gasteiger partial charge on any atom is -0.317 e. The standard InChI is InChI=1S/C14H18N4/c1-11-16-14(12-5-3-2-4-6-12)18(17-11)13-7-9-15-10-8-13/h2-6,13,15H,7-10H2,1H3. The second kappa shape index (κ2) is 4.90. The van der Waals surface area contributed by atoms with E-state index in [0.717, 1.165) is 43.1 Å². The monoisotopic (exact) mass is 242 g/mol. The van der Waals surface area contributed by atoms with Crippen LogP contribution in [0.5, 0.6) is 0 Å². The third-order valence-corrected chi connectivity index (χ3v) is 3.42. The Morgan fingerprint density at radius 3 is 2.61 bits per heavy atom. The van der Waals surface area contributed by atoms with Gasteiger partial charge >= 0.3 is 0 Å². The molecule has 0 atom stereocenters. The van der Waals surface area contributed by atoms with Crippen molar-refractivity contribution < 1.29 is 0 Å². The molecule has 94 valence electrons. The Labute approximate surface area is 107 Å². The molecule has 2 heterocycles. The van der Waals surface area contributed by atoms with Gasteiger partial charge < -0.3 is 5.32 Å². The summed E-state index contributed by atoms with van der Waals surface area (Å²) in [5, 5.41) is 7.98. The molecule has 4 heteroatoms. The maximum Gasteiger partial charge on any atom is 0.158 e. The zero-order valence-electron chi connectivity index (χ0n) is 10.6. The normalized spacial score (nSPS) is 16.9. The van der Waals surface area contributed by atoms with Gasteiger partial charge in [-0.1, -0.05) is 30.3 Å². The van der Waals surface area contributed by atoms with E-state index in [-0.39, 0.29) is 0 Å². The summed E-state index contributed by atoms with van der Waals surface area (Å²) in [5.41, 5.74) is 1.15. The van der Waals surface area contributed by atoms with Crippen LogP contribution in [-0.4, -0.2) is 27.9 Å². The number of benzene rings is 1. The van der Waals surface area contributed by atoms with Crippen molar-refractivity contribution in [2.24, 2.45) is 0 Å². The summed E-state index contributed by atoms with van der Waals surface area (Å²) in [6.45, 7) is 4.10. The molecule has 1 fully saturated rings. The average Bonchev–Trinajstić information content (AvgIpc) is 2.83. The van der Waals surface area contributed by atoms with Gasteiger partial charge in [0, 0.05) is 5.56 Å². The first kappa shape index (κ1) is 11.4. The zero-order valence-corrected chi connectivity index (χ0v) is 10.6. The molecule has 1 aliphatic heterocycles. The van der Waals surface area contributed by atoms with Crippen LogP contribution in [0.1, 0.15) is 24.7 Å². The van der Waals surface area contributed by atoms with Crippen LogP contribution in [0.3, 0.4) is 0 Å². The van der Waals surface area contributed by atoms with E-state index in [1.165, 1.54) is 0 Å². The molecule has 1 aliphatic rings. The van der Waals surface area contributed by atoms with E-state index >= 15 is 0 Å². The summed E-state index contributed by atoms with van der Waals surface area (Å²) in [4.78, 5) is 4.59. The van der Waals surface area contributed by atoms with Crippen LogP contribution in [0.2, 0.25) is 0 Å². The Morgan fingerprint density at radius 2 is 1.89 bits per heavy atom. The topological polar surface area (TPSA) is 42.7 Å². The van der Waals surface area contributed by atoms with Crippen molar-refractivity contribution in [2.45, 2.75) is 25.8 Å². The first-order chi connectivity index (χ1) is 8.84. The number of aromatic nitrogens is 3. The molecule has 0 saturated carbocycles. The van der Waals surface area contributed by atoms with Gasteiger partial charge in [-0.15, -0.1) is 0 Å². The Hall–Kier alpha value is -1.68. The van der Waals surface area contributed by atoms with Crippen LogP contribution < -0.4 is 5.32 Å². The highest BCUT2D eigenvalue weighted by Gasteiger charge is 2.20. The third kappa shape index (κ3) is 2.16. The fourth-order valence-electron chi connectivity index (χ4n) is 2.52. The molecule has 1 aromatic heterocycles. The van der Waals surface area contributed by atoms with Crippen molar-refractivity contribution in [3.63, 3.8) is 0 Å². The van der Waals surface area contributed by atoms with Gasteiger partial charge in [0.25, 0.3) is 0 Å². The number of aryl methyl sites for hydroxylation is 1. The quantitative estimate of drug-likeness (QED) is 0.877. The van der Waals surface area contributed by atoms with Crippen LogP contribution in [-0.2, 0) is 0 Å². The molecule has 18 heavy (non-hydrogen) atoms. The first-order valence-electron chi connectivity index (χ1n) is 6.54. The molecule has 0 spiro atoms. The summed E-state index contributed by atoms with van der Waals surface area (Å²) >= 11 is 0. The molecule has 4 nitrogen and oxygen atoms in total. The summed E-state index contributed by atoms with van der Waals surface area (Å²) in [5.74, 6) is 1.85. The van der Waals surface area contributed by atoms with Gasteiger partial charge in [-0.25, -0.2) is 9.67 Å². The molecule has 0 aliphatic carbocycles. The fourth-order valence-corrected chi connectivity index (χ4v) is 2.52. The lowest BCUT2D eigenvalue weighted by Crippen LogP contribution is -2.30. The largest absolute Gasteiger partial charge is 0.317 e. The molecule has 0 unspecified atom stereocenters. The summed E-state index contributed by atoms with van der Waals surface area (Å²) in [7, 11) is 0. The highest BCUT2D eigenvalue weighted by Crippen LogP contribution is 2.25. The van der Waals surface area contributed by atoms with Crippen LogP contribution in [0.25, 0.3) is 11.4 Å². The molecule has 0 radical (unpaired) electrons. The lowest BCUT2D eigenvalue weighted by atomic mass is 10.1. The van der Waals surface area contributed by atoms with Gasteiger partial charge in [-0.05, 0) is 32.9 Å². The molecule has 0 bridgehead atoms. The van der Waals surface area contributed by atoms with Gasteiger partial charge in [0.15, 0.2) is 5.82 Å². The molecular weight excluding hydrogens is 224 g/mol. The second-order valence-electron chi connectivity index (χ2n) is 4.77. The van der Waals surface area contributed by atoms with Gasteiger partial charge in [0.05, 0.1) is 6.04 Å². The Bertz CT molecular complexity index is 512. The number of hydrogen-bond donors (Lipinski definition) is 1. The van der Waals surface area contributed by atoms with E-state index in [1.54, 1.807) is 0 Å². The smallest absolute Gasteiger partial charge is 0.158 e. The number of nitrogens with one attached hydrogen (secondary N) is 1. The predicted molar refractivity (Wildman–Crippen MR) is 71.3 cm³/mol. The molecule has 1 aromatic carbocycles. The van der Waals surface area contributed by atoms with E-state index in [2.05, 4.69) is 32.2 Å². The predicted octanol–water partition coefficient (Wildman–Crippen LogP) is 2.18. The Kier molecular flexibility index (Phi) is 3.11. The second-order valence-corrected chi connectivity index (χ2v) is 4.77. The third-order valence-electron chi connectivity index (χ3n) is 3.42. The van der Waals surface area contributed by atoms with E-state index in [9.17, 15) is 0 Å². The molecule has 3 rings (SSSR count). The molecule has 0 amide bonds. The van der Waals surface area contributed by atoms with Crippen LogP contribution in [0.15, 0.2) is 30.3 Å². The Balaban J connectivity index is 1.99. The van der Waals surface area contributed by atoms with Crippen molar-refractivity contribution >= 4 is 0 Å². The summed E-state index contributed by atoms with van der Waals surface area (Å²) in [6, 6.07) is 10.8. The van der Waals surface area contributed by atoms with Gasteiger partial charge in [-0.2, -0.15) is 5.10 Å². The molecule has 1 N–H and O–H groups in total. The fraction of sp³-hybridized carbons (Fsp3) is 0.429. The minimum absolute atomic E-state index is 0.475. The van der Waals surface area contributed by atoms with Crippen LogP contribution >= 0.6 is 0 Å². The van der Waals surface area contributed by atoms with Gasteiger partial charge in [0.1, 0.15) is 5.82 Å². The van der Waals surface area contributed by atoms with Crippen LogP contribution in [0, 0.1) is 6.92 Å². The maximum absolute atomic E-state index is 4.59. The number of hydrogen-bond acceptors (Lipinski definition) is 3. The van der Waals surface area contributed by atoms with Crippen molar-refractivity contribution in [2.75, 3.05) is 13.1 Å². The lowest BCUT2D eigenvalue weighted by Gasteiger charge is -2.24. The number of nitrogens with zero attached hydrogens (tertiary/aromatic N) is 3. The Morgan fingerprint density at radius 1 is 1.17 bits per heavy atom. The van der Waals surface area contributed by atoms with E-state index < -0.39 is 0 Å². The van der Waals surface area contributed by atoms with Gasteiger partial charge in [-0.3, -0.25) is 0 Å². The summed E-state index contributed by atoms with van der Waals surface area (Å²) < 4.78 is 2.12. The van der Waals surface area contributed by atoms with E-state index in [4.69, 9.17) is 0 Å². The maximum atomic E-state index is 4.59. The SMILES string of the molecule is Cc1nc(-c2ccccc2)n(C2CCNCC2)n1. The minimum atomic E-state index is 0.475. The van der Waals surface area contributed by atoms with Crippen molar-refractivity contribution in [1.82, 2.24) is 20.1 Å². The van der Waals surface area contributed by atoms with Crippen molar-refractivity contribution in [1.29, 1.82) is 0 Å². The lowest BCUT2D eigenvalue weighted by molar-refractivity contribution is 0.345. The van der Waals surface area contributed by atoms with Gasteiger partial charge in [0.2, 0.25) is 0 Å². The zero-order chi connectivity index (χ0) is 12.4. The first-order valence-corrected chi connectivity index (χ1v) is 6.54. The highest BCUT2D eigenvalue weighted by atomic mass is 15.4. The number of rotatable bonds is 2. The highest BCUT2D eigenvalue weighted by molar-refractivity contribution is 5.54. The van der Waals surface area contributed by atoms with E-state index in [1.807, 2.05) is 25.1 Å². The van der Waals surface area contributed by atoms with Crippen molar-refractivity contribution in [3.05, 3.63) is 36.2 Å². The molecule has 2 aromatic rings. The summed E-state index contributed by atoms with van der Waals surface area (Å²) in [6.07, 6.45) is 2.26. The number of piperidine rings is 1. The average molecular weight is 242 g/mol. The van der Waals surface area contributed by atoms with Crippen LogP contribution in [0.4, 0.5) is 0 Å². The molecule has 1 saturated heterocycles. The molecular formula is C14H18N4. The van der Waals surface area contributed by atoms with E-state index in [0.29, 0.717) is 6.04 Å². The van der Waals surface area contributed by atoms with Crippen molar-refractivity contribution in [3.8, 4) is 11.4 Å².